The molecule has 1 fully saturated rings. The number of benzene rings is 1. The van der Waals surface area contributed by atoms with Gasteiger partial charge in [0.15, 0.2) is 5.82 Å². The molecule has 0 radical (unpaired) electrons. The fourth-order valence-electron chi connectivity index (χ4n) is 3.70. The largest absolute Gasteiger partial charge is 0.396 e. The fraction of sp³-hybridized carbons (Fsp3) is 0.286. The van der Waals surface area contributed by atoms with E-state index in [0.717, 1.165) is 22.4 Å². The van der Waals surface area contributed by atoms with Gasteiger partial charge in [-0.2, -0.15) is 5.10 Å². The molecule has 9 heteroatoms. The predicted molar refractivity (Wildman–Crippen MR) is 109 cm³/mol. The van der Waals surface area contributed by atoms with Crippen molar-refractivity contribution < 1.29 is 13.9 Å². The maximum atomic E-state index is 13.4. The lowest BCUT2D eigenvalue weighted by Gasteiger charge is -2.26. The number of amides is 2. The maximum Gasteiger partial charge on any atom is 0.323 e. The fourth-order valence-corrected chi connectivity index (χ4v) is 3.70. The van der Waals surface area contributed by atoms with Crippen molar-refractivity contribution in [1.29, 1.82) is 0 Å². The first-order chi connectivity index (χ1) is 14.5. The van der Waals surface area contributed by atoms with E-state index in [1.807, 2.05) is 17.8 Å². The topological polar surface area (TPSA) is 98.3 Å². The summed E-state index contributed by atoms with van der Waals surface area (Å²) < 4.78 is 20.6. The molecular weight excluding hydrogens is 387 g/mol. The van der Waals surface area contributed by atoms with Crippen LogP contribution in [0.3, 0.4) is 0 Å². The minimum Gasteiger partial charge on any atom is -0.396 e. The molecule has 1 saturated heterocycles. The lowest BCUT2D eigenvalue weighted by Crippen LogP contribution is -2.33. The van der Waals surface area contributed by atoms with Crippen LogP contribution in [0.5, 0.6) is 0 Å². The normalized spacial score (nSPS) is 15.7. The van der Waals surface area contributed by atoms with E-state index >= 15 is 0 Å². The van der Waals surface area contributed by atoms with Crippen LogP contribution in [0.25, 0.3) is 11.3 Å². The summed E-state index contributed by atoms with van der Waals surface area (Å²) in [6.07, 6.45) is 1.99. The van der Waals surface area contributed by atoms with Gasteiger partial charge in [0.25, 0.3) is 0 Å². The predicted octanol–water partition coefficient (Wildman–Crippen LogP) is 3.09. The van der Waals surface area contributed by atoms with E-state index in [2.05, 4.69) is 15.4 Å². The number of hydrogen-bond donors (Lipinski definition) is 2. The number of carbonyl (C=O) groups is 1. The first-order valence-electron chi connectivity index (χ1n) is 9.71. The number of nitrogens with zero attached hydrogens (tertiary/aromatic N) is 4. The van der Waals surface area contributed by atoms with E-state index in [1.165, 1.54) is 12.1 Å². The lowest BCUT2D eigenvalue weighted by molar-refractivity contribution is -0.0289. The molecule has 0 atom stereocenters. The Bertz CT molecular complexity index is 1120. The van der Waals surface area contributed by atoms with Crippen molar-refractivity contribution in [2.45, 2.75) is 26.1 Å². The van der Waals surface area contributed by atoms with Crippen LogP contribution in [-0.2, 0) is 17.8 Å². The number of nitrogen functional groups attached to an aromatic ring is 1. The number of hydrogen-bond acceptors (Lipinski definition) is 5. The molecule has 0 unspecified atom stereocenters. The Balaban J connectivity index is 1.31. The highest BCUT2D eigenvalue weighted by Crippen LogP contribution is 2.28. The molecule has 8 nitrogen and oxygen atoms in total. The minimum absolute atomic E-state index is 0.280. The molecule has 2 amide bonds. The highest BCUT2D eigenvalue weighted by atomic mass is 19.1. The monoisotopic (exact) mass is 408 g/mol. The highest BCUT2D eigenvalue weighted by Gasteiger charge is 2.30. The van der Waals surface area contributed by atoms with Crippen LogP contribution in [0, 0.1) is 12.7 Å². The number of nitrogens with two attached hydrogens (primary N) is 1. The van der Waals surface area contributed by atoms with E-state index in [1.54, 1.807) is 23.1 Å². The van der Waals surface area contributed by atoms with Gasteiger partial charge in [-0.15, -0.1) is 0 Å². The van der Waals surface area contributed by atoms with Crippen molar-refractivity contribution in [2.24, 2.45) is 0 Å². The second-order valence-electron chi connectivity index (χ2n) is 7.65. The molecule has 5 rings (SSSR count). The molecule has 0 spiro atoms. The van der Waals surface area contributed by atoms with Crippen molar-refractivity contribution in [1.82, 2.24) is 19.7 Å². The third-order valence-corrected chi connectivity index (χ3v) is 5.49. The summed E-state index contributed by atoms with van der Waals surface area (Å²) in [6.45, 7) is 4.08. The molecule has 30 heavy (non-hydrogen) atoms. The SMILES string of the molecule is Cc1cc(F)ccc1-c1ccc(N)c(NC(=O)N2Cc3cn(C4COC4)nc3C2)n1. The van der Waals surface area contributed by atoms with Crippen LogP contribution in [0.2, 0.25) is 0 Å². The third kappa shape index (κ3) is 3.26. The first-order valence-corrected chi connectivity index (χ1v) is 9.71. The maximum absolute atomic E-state index is 13.4. The van der Waals surface area contributed by atoms with Gasteiger partial charge in [0, 0.05) is 17.3 Å². The van der Waals surface area contributed by atoms with Crippen LogP contribution >= 0.6 is 0 Å². The zero-order valence-corrected chi connectivity index (χ0v) is 16.4. The number of rotatable bonds is 3. The average Bonchev–Trinajstić information content (AvgIpc) is 3.21. The number of fused-ring (bicyclic) bond motifs is 1. The van der Waals surface area contributed by atoms with Gasteiger partial charge in [0.2, 0.25) is 0 Å². The van der Waals surface area contributed by atoms with E-state index in [-0.39, 0.29) is 17.7 Å². The van der Waals surface area contributed by atoms with Gasteiger partial charge in [-0.1, -0.05) is 0 Å². The molecule has 0 aliphatic carbocycles. The summed E-state index contributed by atoms with van der Waals surface area (Å²) in [6, 6.07) is 7.93. The number of anilines is 2. The Morgan fingerprint density at radius 2 is 2.10 bits per heavy atom. The van der Waals surface area contributed by atoms with E-state index in [9.17, 15) is 9.18 Å². The molecule has 2 aliphatic rings. The van der Waals surface area contributed by atoms with Crippen molar-refractivity contribution >= 4 is 17.5 Å². The van der Waals surface area contributed by atoms with Crippen LogP contribution < -0.4 is 11.1 Å². The Kier molecular flexibility index (Phi) is 4.39. The summed E-state index contributed by atoms with van der Waals surface area (Å²) >= 11 is 0. The van der Waals surface area contributed by atoms with Crippen LogP contribution in [0.4, 0.5) is 20.7 Å². The van der Waals surface area contributed by atoms with Gasteiger partial charge in [-0.25, -0.2) is 14.2 Å². The Labute approximate surface area is 172 Å². The third-order valence-electron chi connectivity index (χ3n) is 5.49. The van der Waals surface area contributed by atoms with E-state index in [4.69, 9.17) is 10.5 Å². The number of urea groups is 1. The highest BCUT2D eigenvalue weighted by molar-refractivity contribution is 5.92. The van der Waals surface area contributed by atoms with Gasteiger partial charge in [-0.05, 0) is 42.8 Å². The van der Waals surface area contributed by atoms with Crippen LogP contribution in [0.1, 0.15) is 22.9 Å². The number of nitrogens with one attached hydrogen (secondary N) is 1. The second-order valence-corrected chi connectivity index (χ2v) is 7.65. The Morgan fingerprint density at radius 1 is 1.27 bits per heavy atom. The standard InChI is InChI=1S/C21H21FN6O2/c1-12-6-14(22)2-3-16(12)18-5-4-17(23)20(24-18)25-21(29)27-7-13-8-28(15-10-30-11-15)26-19(13)9-27/h2-6,8,15H,7,9-11,23H2,1H3,(H,24,25,29). The molecule has 3 aromatic rings. The summed E-state index contributed by atoms with van der Waals surface area (Å²) in [5, 5.41) is 7.38. The van der Waals surface area contributed by atoms with Crippen molar-refractivity contribution in [2.75, 3.05) is 24.3 Å². The molecular formula is C21H21FN6O2. The summed E-state index contributed by atoms with van der Waals surface area (Å²) in [5.41, 5.74) is 10.5. The van der Waals surface area contributed by atoms with Gasteiger partial charge < -0.3 is 15.4 Å². The minimum atomic E-state index is -0.305. The average molecular weight is 408 g/mol. The molecule has 3 N–H and O–H groups in total. The zero-order valence-electron chi connectivity index (χ0n) is 16.4. The van der Waals surface area contributed by atoms with Crippen molar-refractivity contribution in [3.05, 3.63) is 59.2 Å². The van der Waals surface area contributed by atoms with Gasteiger partial charge in [-0.3, -0.25) is 10.00 Å². The first kappa shape index (κ1) is 18.6. The smallest absolute Gasteiger partial charge is 0.323 e. The number of ether oxygens (including phenoxy) is 1. The Morgan fingerprint density at radius 3 is 2.80 bits per heavy atom. The zero-order chi connectivity index (χ0) is 20.8. The summed E-state index contributed by atoms with van der Waals surface area (Å²) in [7, 11) is 0. The van der Waals surface area contributed by atoms with E-state index < -0.39 is 0 Å². The molecule has 2 aromatic heterocycles. The molecule has 0 saturated carbocycles. The Hall–Kier alpha value is -3.46. The number of pyridine rings is 1. The lowest BCUT2D eigenvalue weighted by atomic mass is 10.0. The number of aromatic nitrogens is 3. The quantitative estimate of drug-likeness (QED) is 0.694. The number of halogens is 1. The second kappa shape index (κ2) is 7.10. The molecule has 1 aromatic carbocycles. The van der Waals surface area contributed by atoms with Crippen molar-refractivity contribution in [3.8, 4) is 11.3 Å². The van der Waals surface area contributed by atoms with Gasteiger partial charge in [0.05, 0.1) is 49.4 Å². The number of carbonyl (C=O) groups excluding carboxylic acids is 1. The van der Waals surface area contributed by atoms with Gasteiger partial charge in [0.1, 0.15) is 5.82 Å². The van der Waals surface area contributed by atoms with Crippen LogP contribution in [0.15, 0.2) is 36.5 Å². The number of aryl methyl sites for hydroxylation is 1. The van der Waals surface area contributed by atoms with E-state index in [0.29, 0.717) is 43.7 Å². The van der Waals surface area contributed by atoms with Gasteiger partial charge >= 0.3 is 6.03 Å². The summed E-state index contributed by atoms with van der Waals surface area (Å²) in [4.78, 5) is 19.0. The summed E-state index contributed by atoms with van der Waals surface area (Å²) in [5.74, 6) is -0.0251. The molecule has 2 aliphatic heterocycles. The molecule has 0 bridgehead atoms. The van der Waals surface area contributed by atoms with Crippen molar-refractivity contribution in [3.63, 3.8) is 0 Å². The molecule has 154 valence electrons. The van der Waals surface area contributed by atoms with Crippen LogP contribution in [-0.4, -0.2) is 38.9 Å². The molecule has 4 heterocycles.